The fourth-order valence-corrected chi connectivity index (χ4v) is 3.20. The molecule has 1 aliphatic heterocycles. The molecule has 22 heavy (non-hydrogen) atoms. The Labute approximate surface area is 132 Å². The molecule has 0 spiro atoms. The zero-order valence-electron chi connectivity index (χ0n) is 12.5. The number of hydrogen-bond acceptors (Lipinski definition) is 7. The fourth-order valence-electron chi connectivity index (χ4n) is 2.40. The molecule has 3 heterocycles. The first kappa shape index (κ1) is 15.0. The summed E-state index contributed by atoms with van der Waals surface area (Å²) >= 11 is 1.43. The number of nitrogens with zero attached hydrogens (tertiary/aromatic N) is 4. The van der Waals surface area contributed by atoms with Gasteiger partial charge in [-0.3, -0.25) is 4.79 Å². The summed E-state index contributed by atoms with van der Waals surface area (Å²) in [7, 11) is 0. The highest BCUT2D eigenvalue weighted by atomic mass is 32.1. The van der Waals surface area contributed by atoms with Crippen molar-refractivity contribution in [2.45, 2.75) is 19.9 Å². The normalized spacial score (nSPS) is 15.4. The smallest absolute Gasteiger partial charge is 0.257 e. The van der Waals surface area contributed by atoms with Crippen LogP contribution in [0.4, 0.5) is 5.13 Å². The van der Waals surface area contributed by atoms with Crippen molar-refractivity contribution < 1.29 is 9.21 Å². The monoisotopic (exact) mass is 321 g/mol. The highest BCUT2D eigenvalue weighted by Gasteiger charge is 2.24. The van der Waals surface area contributed by atoms with Crippen LogP contribution in [0.5, 0.6) is 0 Å². The number of aromatic nitrogens is 2. The average Bonchev–Trinajstić information content (AvgIpc) is 3.23. The molecule has 0 aromatic carbocycles. The average molecular weight is 321 g/mol. The second-order valence-electron chi connectivity index (χ2n) is 5.13. The van der Waals surface area contributed by atoms with Crippen LogP contribution < -0.4 is 10.6 Å². The number of amides is 1. The summed E-state index contributed by atoms with van der Waals surface area (Å²) in [5.74, 6) is 1.50. The first-order valence-electron chi connectivity index (χ1n) is 7.35. The van der Waals surface area contributed by atoms with E-state index in [-0.39, 0.29) is 5.91 Å². The third kappa shape index (κ3) is 2.97. The van der Waals surface area contributed by atoms with Gasteiger partial charge in [-0.1, -0.05) is 6.92 Å². The summed E-state index contributed by atoms with van der Waals surface area (Å²) in [6.45, 7) is 5.23. The van der Waals surface area contributed by atoms with E-state index in [9.17, 15) is 4.79 Å². The highest BCUT2D eigenvalue weighted by Crippen LogP contribution is 2.20. The van der Waals surface area contributed by atoms with Crippen molar-refractivity contribution in [3.8, 4) is 0 Å². The maximum Gasteiger partial charge on any atom is 0.257 e. The third-order valence-corrected chi connectivity index (χ3v) is 4.53. The van der Waals surface area contributed by atoms with Gasteiger partial charge in [0.15, 0.2) is 0 Å². The predicted molar refractivity (Wildman–Crippen MR) is 84.0 cm³/mol. The standard InChI is InChI=1S/C14H19N5O2S/c1-2-12-16-14(22-17-12)19-5-3-18(4-6-19)13(20)10-7-11(8-15)21-9-10/h7,9H,2-6,8,15H2,1H3. The van der Waals surface area contributed by atoms with Gasteiger partial charge in [-0.05, 0) is 6.07 Å². The van der Waals surface area contributed by atoms with E-state index in [1.165, 1.54) is 17.8 Å². The summed E-state index contributed by atoms with van der Waals surface area (Å²) in [4.78, 5) is 20.9. The van der Waals surface area contributed by atoms with Crippen LogP contribution in [0, 0.1) is 0 Å². The molecule has 0 saturated carbocycles. The number of carbonyl (C=O) groups excluding carboxylic acids is 1. The number of piperazine rings is 1. The van der Waals surface area contributed by atoms with Crippen LogP contribution >= 0.6 is 11.5 Å². The van der Waals surface area contributed by atoms with Gasteiger partial charge in [-0.25, -0.2) is 4.98 Å². The number of rotatable bonds is 4. The molecule has 1 amide bonds. The van der Waals surface area contributed by atoms with E-state index < -0.39 is 0 Å². The Bertz CT molecular complexity index is 645. The molecule has 0 radical (unpaired) electrons. The van der Waals surface area contributed by atoms with Gasteiger partial charge < -0.3 is 20.0 Å². The van der Waals surface area contributed by atoms with Crippen LogP contribution in [0.25, 0.3) is 0 Å². The summed E-state index contributed by atoms with van der Waals surface area (Å²) in [5.41, 5.74) is 6.07. The maximum absolute atomic E-state index is 12.4. The van der Waals surface area contributed by atoms with Crippen molar-refractivity contribution in [1.82, 2.24) is 14.3 Å². The molecule has 7 nitrogen and oxygen atoms in total. The summed E-state index contributed by atoms with van der Waals surface area (Å²) < 4.78 is 9.54. The van der Waals surface area contributed by atoms with Gasteiger partial charge in [0.05, 0.1) is 12.1 Å². The maximum atomic E-state index is 12.4. The second-order valence-corrected chi connectivity index (χ2v) is 5.86. The Balaban J connectivity index is 1.60. The van der Waals surface area contributed by atoms with Crippen LogP contribution in [0.15, 0.2) is 16.7 Å². The molecule has 1 aliphatic rings. The molecule has 2 N–H and O–H groups in total. The molecular weight excluding hydrogens is 302 g/mol. The largest absolute Gasteiger partial charge is 0.467 e. The van der Waals surface area contributed by atoms with Gasteiger partial charge in [-0.15, -0.1) is 0 Å². The molecule has 2 aromatic rings. The number of carbonyl (C=O) groups is 1. The highest BCUT2D eigenvalue weighted by molar-refractivity contribution is 7.09. The number of furan rings is 1. The van der Waals surface area contributed by atoms with E-state index in [1.807, 2.05) is 11.8 Å². The summed E-state index contributed by atoms with van der Waals surface area (Å²) in [6.07, 6.45) is 2.33. The van der Waals surface area contributed by atoms with Gasteiger partial charge in [0, 0.05) is 44.1 Å². The van der Waals surface area contributed by atoms with Crippen molar-refractivity contribution >= 4 is 22.6 Å². The number of aryl methyl sites for hydroxylation is 1. The molecule has 0 unspecified atom stereocenters. The molecule has 1 saturated heterocycles. The first-order chi connectivity index (χ1) is 10.7. The molecule has 118 valence electrons. The zero-order chi connectivity index (χ0) is 15.5. The van der Waals surface area contributed by atoms with Crippen molar-refractivity contribution in [2.75, 3.05) is 31.1 Å². The number of hydrogen-bond donors (Lipinski definition) is 1. The quantitative estimate of drug-likeness (QED) is 0.907. The Morgan fingerprint density at radius 1 is 1.41 bits per heavy atom. The number of anilines is 1. The minimum absolute atomic E-state index is 0.00499. The van der Waals surface area contributed by atoms with Gasteiger partial charge in [-0.2, -0.15) is 4.37 Å². The minimum atomic E-state index is -0.00499. The van der Waals surface area contributed by atoms with Crippen LogP contribution in [0.3, 0.4) is 0 Å². The van der Waals surface area contributed by atoms with Crippen LogP contribution in [0.2, 0.25) is 0 Å². The first-order valence-corrected chi connectivity index (χ1v) is 8.13. The van der Waals surface area contributed by atoms with Gasteiger partial charge >= 0.3 is 0 Å². The van der Waals surface area contributed by atoms with E-state index in [4.69, 9.17) is 10.2 Å². The molecule has 8 heteroatoms. The van der Waals surface area contributed by atoms with Crippen LogP contribution in [-0.4, -0.2) is 46.3 Å². The van der Waals surface area contributed by atoms with E-state index in [0.29, 0.717) is 31.0 Å². The third-order valence-electron chi connectivity index (χ3n) is 3.71. The molecule has 2 aromatic heterocycles. The number of nitrogens with two attached hydrogens (primary N) is 1. The topological polar surface area (TPSA) is 88.5 Å². The van der Waals surface area contributed by atoms with Gasteiger partial charge in [0.2, 0.25) is 5.13 Å². The van der Waals surface area contributed by atoms with Crippen molar-refractivity contribution in [1.29, 1.82) is 0 Å². The van der Waals surface area contributed by atoms with Crippen LogP contribution in [0.1, 0.15) is 28.9 Å². The van der Waals surface area contributed by atoms with Crippen molar-refractivity contribution in [3.63, 3.8) is 0 Å². The van der Waals surface area contributed by atoms with Gasteiger partial charge in [0.1, 0.15) is 17.8 Å². The molecule has 0 bridgehead atoms. The second kappa shape index (κ2) is 6.45. The Hall–Kier alpha value is -1.93. The van der Waals surface area contributed by atoms with Crippen molar-refractivity contribution in [3.05, 3.63) is 29.5 Å². The van der Waals surface area contributed by atoms with E-state index in [0.717, 1.165) is 30.5 Å². The van der Waals surface area contributed by atoms with E-state index in [1.54, 1.807) is 6.07 Å². The van der Waals surface area contributed by atoms with Crippen molar-refractivity contribution in [2.24, 2.45) is 5.73 Å². The Kier molecular flexibility index (Phi) is 4.39. The summed E-state index contributed by atoms with van der Waals surface area (Å²) in [6, 6.07) is 1.72. The SMILES string of the molecule is CCc1nsc(N2CCN(C(=O)c3coc(CN)c3)CC2)n1. The lowest BCUT2D eigenvalue weighted by Crippen LogP contribution is -2.48. The molecule has 0 aliphatic carbocycles. The van der Waals surface area contributed by atoms with E-state index >= 15 is 0 Å². The molecular formula is C14H19N5O2S. The van der Waals surface area contributed by atoms with E-state index in [2.05, 4.69) is 14.3 Å². The van der Waals surface area contributed by atoms with Crippen LogP contribution in [-0.2, 0) is 13.0 Å². The fraction of sp³-hybridized carbons (Fsp3) is 0.500. The Morgan fingerprint density at radius 2 is 2.18 bits per heavy atom. The molecule has 1 fully saturated rings. The van der Waals surface area contributed by atoms with Gasteiger partial charge in [0.25, 0.3) is 5.91 Å². The zero-order valence-corrected chi connectivity index (χ0v) is 13.3. The predicted octanol–water partition coefficient (Wildman–Crippen LogP) is 1.11. The lowest BCUT2D eigenvalue weighted by molar-refractivity contribution is 0.0746. The summed E-state index contributed by atoms with van der Waals surface area (Å²) in [5, 5.41) is 0.942. The lowest BCUT2D eigenvalue weighted by atomic mass is 10.2. The minimum Gasteiger partial charge on any atom is -0.467 e. The molecule has 3 rings (SSSR count). The lowest BCUT2D eigenvalue weighted by Gasteiger charge is -2.34. The molecule has 0 atom stereocenters. The Morgan fingerprint density at radius 3 is 2.77 bits per heavy atom.